The lowest BCUT2D eigenvalue weighted by Gasteiger charge is -2.18. The highest BCUT2D eigenvalue weighted by atomic mass is 19.4. The smallest absolute Gasteiger partial charge is 0.465 e. The summed E-state index contributed by atoms with van der Waals surface area (Å²) in [6.07, 6.45) is -0.641. The van der Waals surface area contributed by atoms with E-state index in [0.717, 1.165) is 45.3 Å². The molecule has 0 saturated carbocycles. The van der Waals surface area contributed by atoms with E-state index in [1.165, 1.54) is 12.1 Å². The summed E-state index contributed by atoms with van der Waals surface area (Å²) in [5.41, 5.74) is 0.490. The highest BCUT2D eigenvalue weighted by Gasteiger charge is 2.65. The molecule has 1 rings (SSSR count). The molecule has 0 aromatic heterocycles. The summed E-state index contributed by atoms with van der Waals surface area (Å²) in [4.78, 5) is 23.2. The molecule has 0 heterocycles. The summed E-state index contributed by atoms with van der Waals surface area (Å²) < 4.78 is 72.0. The van der Waals surface area contributed by atoms with E-state index in [2.05, 4.69) is 23.9 Å². The molecule has 0 atom stereocenters. The SMILES string of the molecule is COc1cc(CNC(=O)CCCCCCC(C)C)ccc1OC(=O)C(F)(F)C(F)(F)F. The third kappa shape index (κ3) is 8.70. The fourth-order valence-electron chi connectivity index (χ4n) is 2.67. The topological polar surface area (TPSA) is 64.6 Å². The number of hydrogen-bond donors (Lipinski definition) is 1. The highest BCUT2D eigenvalue weighted by molar-refractivity contribution is 5.81. The fraction of sp³-hybridized carbons (Fsp3) is 0.619. The van der Waals surface area contributed by atoms with E-state index in [0.29, 0.717) is 17.9 Å². The summed E-state index contributed by atoms with van der Waals surface area (Å²) in [6.45, 7) is 4.42. The number of carbonyl (C=O) groups is 2. The third-order valence-electron chi connectivity index (χ3n) is 4.47. The molecule has 31 heavy (non-hydrogen) atoms. The third-order valence-corrected chi connectivity index (χ3v) is 4.47. The molecule has 0 radical (unpaired) electrons. The highest BCUT2D eigenvalue weighted by Crippen LogP contribution is 2.38. The summed E-state index contributed by atoms with van der Waals surface area (Å²) in [7, 11) is 1.14. The van der Waals surface area contributed by atoms with Gasteiger partial charge in [0, 0.05) is 13.0 Å². The molecular formula is C21H28F5NO4. The summed E-state index contributed by atoms with van der Waals surface area (Å²) in [5.74, 6) is -8.72. The van der Waals surface area contributed by atoms with Gasteiger partial charge in [-0.2, -0.15) is 22.0 Å². The van der Waals surface area contributed by atoms with E-state index in [1.54, 1.807) is 0 Å². The molecule has 1 amide bonds. The van der Waals surface area contributed by atoms with Crippen molar-refractivity contribution in [2.24, 2.45) is 5.92 Å². The Hall–Kier alpha value is -2.39. The van der Waals surface area contributed by atoms with Crippen LogP contribution in [0.5, 0.6) is 11.5 Å². The summed E-state index contributed by atoms with van der Waals surface area (Å²) in [5, 5.41) is 2.69. The van der Waals surface area contributed by atoms with E-state index in [1.807, 2.05) is 0 Å². The van der Waals surface area contributed by atoms with Crippen LogP contribution in [0.4, 0.5) is 22.0 Å². The Morgan fingerprint density at radius 3 is 2.23 bits per heavy atom. The first kappa shape index (κ1) is 26.6. The zero-order chi connectivity index (χ0) is 23.7. The zero-order valence-electron chi connectivity index (χ0n) is 17.8. The van der Waals surface area contributed by atoms with Crippen molar-refractivity contribution in [3.05, 3.63) is 23.8 Å². The molecule has 0 aliphatic rings. The van der Waals surface area contributed by atoms with Crippen LogP contribution in [0.2, 0.25) is 0 Å². The standard InChI is InChI=1S/C21H28F5NO4/c1-14(2)8-6-4-5-7-9-18(28)27-13-15-10-11-16(17(12-15)30-3)31-19(29)20(22,23)21(24,25)26/h10-12,14H,4-9,13H2,1-3H3,(H,27,28). The van der Waals surface area contributed by atoms with Crippen LogP contribution in [0, 0.1) is 5.92 Å². The number of esters is 1. The molecule has 0 aliphatic heterocycles. The second kappa shape index (κ2) is 11.9. The van der Waals surface area contributed by atoms with Crippen LogP contribution in [0.25, 0.3) is 0 Å². The van der Waals surface area contributed by atoms with Gasteiger partial charge in [-0.1, -0.05) is 45.6 Å². The number of methoxy groups -OCH3 is 1. The molecule has 1 aromatic rings. The lowest BCUT2D eigenvalue weighted by Crippen LogP contribution is -2.46. The number of amides is 1. The predicted molar refractivity (Wildman–Crippen MR) is 104 cm³/mol. The van der Waals surface area contributed by atoms with E-state index in [4.69, 9.17) is 4.74 Å². The quantitative estimate of drug-likeness (QED) is 0.199. The van der Waals surface area contributed by atoms with Crippen molar-refractivity contribution in [2.45, 2.75) is 71.0 Å². The monoisotopic (exact) mass is 453 g/mol. The molecule has 176 valence electrons. The molecule has 10 heteroatoms. The van der Waals surface area contributed by atoms with Gasteiger partial charge in [0.05, 0.1) is 7.11 Å². The van der Waals surface area contributed by atoms with Gasteiger partial charge in [0.15, 0.2) is 11.5 Å². The van der Waals surface area contributed by atoms with Crippen LogP contribution in [0.3, 0.4) is 0 Å². The Bertz CT molecular complexity index is 735. The lowest BCUT2D eigenvalue weighted by atomic mass is 10.0. The number of ether oxygens (including phenoxy) is 2. The number of alkyl halides is 5. The van der Waals surface area contributed by atoms with Crippen LogP contribution >= 0.6 is 0 Å². The van der Waals surface area contributed by atoms with Gasteiger partial charge in [0.2, 0.25) is 5.91 Å². The molecule has 0 aliphatic carbocycles. The Kier molecular flexibility index (Phi) is 10.2. The first-order chi connectivity index (χ1) is 14.4. The molecule has 0 fully saturated rings. The maximum absolute atomic E-state index is 13.1. The zero-order valence-corrected chi connectivity index (χ0v) is 17.8. The van der Waals surface area contributed by atoms with E-state index in [-0.39, 0.29) is 18.2 Å². The van der Waals surface area contributed by atoms with Crippen LogP contribution in [0.15, 0.2) is 18.2 Å². The average Bonchev–Trinajstić information content (AvgIpc) is 2.68. The number of unbranched alkanes of at least 4 members (excludes halogenated alkanes) is 3. The van der Waals surface area contributed by atoms with Gasteiger partial charge in [0.1, 0.15) is 0 Å². The van der Waals surface area contributed by atoms with Gasteiger partial charge in [-0.15, -0.1) is 0 Å². The van der Waals surface area contributed by atoms with Crippen molar-refractivity contribution in [1.82, 2.24) is 5.32 Å². The van der Waals surface area contributed by atoms with E-state index in [9.17, 15) is 31.5 Å². The Morgan fingerprint density at radius 2 is 1.65 bits per heavy atom. The number of halogens is 5. The van der Waals surface area contributed by atoms with Crippen LogP contribution in [0.1, 0.15) is 57.9 Å². The van der Waals surface area contributed by atoms with Gasteiger partial charge >= 0.3 is 18.1 Å². The van der Waals surface area contributed by atoms with Crippen molar-refractivity contribution in [2.75, 3.05) is 7.11 Å². The molecule has 1 aromatic carbocycles. The van der Waals surface area contributed by atoms with Gasteiger partial charge in [0.25, 0.3) is 0 Å². The maximum atomic E-state index is 13.1. The summed E-state index contributed by atoms with van der Waals surface area (Å²) >= 11 is 0. The van der Waals surface area contributed by atoms with Gasteiger partial charge < -0.3 is 14.8 Å². The van der Waals surface area contributed by atoms with Crippen molar-refractivity contribution in [1.29, 1.82) is 0 Å². The van der Waals surface area contributed by atoms with Gasteiger partial charge in [-0.25, -0.2) is 4.79 Å². The van der Waals surface area contributed by atoms with Crippen molar-refractivity contribution >= 4 is 11.9 Å². The van der Waals surface area contributed by atoms with Crippen LogP contribution in [-0.4, -0.2) is 31.1 Å². The number of carbonyl (C=O) groups excluding carboxylic acids is 2. The predicted octanol–water partition coefficient (Wildman–Crippen LogP) is 5.41. The second-order valence-corrected chi connectivity index (χ2v) is 7.57. The molecular weight excluding hydrogens is 425 g/mol. The van der Waals surface area contributed by atoms with Gasteiger partial charge in [-0.3, -0.25) is 4.79 Å². The molecule has 0 saturated heterocycles. The van der Waals surface area contributed by atoms with Gasteiger partial charge in [-0.05, 0) is 30.0 Å². The average molecular weight is 453 g/mol. The number of benzene rings is 1. The van der Waals surface area contributed by atoms with Crippen molar-refractivity contribution < 1.29 is 41.0 Å². The fourth-order valence-corrected chi connectivity index (χ4v) is 2.67. The largest absolute Gasteiger partial charge is 0.493 e. The Balaban J connectivity index is 2.56. The number of hydrogen-bond acceptors (Lipinski definition) is 4. The molecule has 0 spiro atoms. The molecule has 5 nitrogen and oxygen atoms in total. The minimum absolute atomic E-state index is 0.0927. The Morgan fingerprint density at radius 1 is 1.00 bits per heavy atom. The van der Waals surface area contributed by atoms with Crippen LogP contribution < -0.4 is 14.8 Å². The van der Waals surface area contributed by atoms with E-state index >= 15 is 0 Å². The van der Waals surface area contributed by atoms with E-state index < -0.39 is 23.8 Å². The van der Waals surface area contributed by atoms with Crippen molar-refractivity contribution in [3.8, 4) is 11.5 Å². The lowest BCUT2D eigenvalue weighted by molar-refractivity contribution is -0.276. The van der Waals surface area contributed by atoms with Crippen molar-refractivity contribution in [3.63, 3.8) is 0 Å². The Labute approximate surface area is 178 Å². The first-order valence-electron chi connectivity index (χ1n) is 9.99. The van der Waals surface area contributed by atoms with Crippen LogP contribution in [-0.2, 0) is 16.1 Å². The minimum Gasteiger partial charge on any atom is -0.493 e. The molecule has 0 bridgehead atoms. The molecule has 1 N–H and O–H groups in total. The normalized spacial score (nSPS) is 12.0. The number of nitrogens with one attached hydrogen (secondary N) is 1. The first-order valence-corrected chi connectivity index (χ1v) is 9.99. The molecule has 0 unspecified atom stereocenters. The second-order valence-electron chi connectivity index (χ2n) is 7.57. The maximum Gasteiger partial charge on any atom is 0.465 e. The minimum atomic E-state index is -6.07. The summed E-state index contributed by atoms with van der Waals surface area (Å²) in [6, 6.07) is 3.63. The number of rotatable bonds is 12.